The van der Waals surface area contributed by atoms with Gasteiger partial charge in [-0.3, -0.25) is 0 Å². The van der Waals surface area contributed by atoms with E-state index >= 15 is 0 Å². The van der Waals surface area contributed by atoms with Crippen LogP contribution in [0.2, 0.25) is 50.9 Å². The maximum absolute atomic E-state index is 6.77. The molecular weight excluding hydrogens is 308 g/mol. The maximum atomic E-state index is 6.77. The molecule has 1 aliphatic heterocycles. The third-order valence-electron chi connectivity index (χ3n) is 3.69. The molecule has 1 fully saturated rings. The van der Waals surface area contributed by atoms with Crippen LogP contribution in [-0.2, 0) is 8.23 Å². The standard InChI is InChI=1S/C16H36O2Si3/c1-11-14-13-21(17-19(5,6)7,18-20(8,9)10)15(14)12-16(2,3)4/h11,14-15H,1,12-13H2,2-10H3/t14-,15-/m0/s1. The SMILES string of the molecule is C=C[C@H]1C[Si](O[Si](C)(C)C)(O[Si](C)(C)C)[C@H]1CC(C)(C)C. The molecule has 0 unspecified atom stereocenters. The van der Waals surface area contributed by atoms with E-state index in [0.717, 1.165) is 6.04 Å². The number of hydrogen-bond acceptors (Lipinski definition) is 2. The molecule has 1 saturated heterocycles. The molecule has 0 amide bonds. The molecule has 0 aliphatic carbocycles. The van der Waals surface area contributed by atoms with Crippen molar-refractivity contribution in [3.63, 3.8) is 0 Å². The summed E-state index contributed by atoms with van der Waals surface area (Å²) in [5.41, 5.74) is 0.893. The van der Waals surface area contributed by atoms with Gasteiger partial charge in [-0.05, 0) is 63.1 Å². The van der Waals surface area contributed by atoms with Gasteiger partial charge in [-0.2, -0.15) is 0 Å². The summed E-state index contributed by atoms with van der Waals surface area (Å²) in [5, 5.41) is 0. The van der Waals surface area contributed by atoms with Crippen LogP contribution in [-0.4, -0.2) is 25.2 Å². The number of hydrogen-bond donors (Lipinski definition) is 0. The van der Waals surface area contributed by atoms with Crippen molar-refractivity contribution in [1.29, 1.82) is 0 Å². The summed E-state index contributed by atoms with van der Waals surface area (Å²) in [5.74, 6) is 0.587. The van der Waals surface area contributed by atoms with E-state index < -0.39 is 25.2 Å². The summed E-state index contributed by atoms with van der Waals surface area (Å²) in [7, 11) is -5.28. The molecule has 1 heterocycles. The minimum atomic E-state index is -2.08. The molecule has 0 radical (unpaired) electrons. The molecule has 5 heteroatoms. The van der Waals surface area contributed by atoms with Crippen LogP contribution in [0.5, 0.6) is 0 Å². The van der Waals surface area contributed by atoms with E-state index in [1.54, 1.807) is 0 Å². The topological polar surface area (TPSA) is 18.5 Å². The second-order valence-corrected chi connectivity index (χ2v) is 22.6. The normalized spacial score (nSPS) is 26.3. The van der Waals surface area contributed by atoms with E-state index in [0.29, 0.717) is 16.9 Å². The number of rotatable bonds is 6. The van der Waals surface area contributed by atoms with E-state index in [2.05, 4.69) is 72.7 Å². The zero-order valence-electron chi connectivity index (χ0n) is 15.7. The molecular formula is C16H36O2Si3. The summed E-state index contributed by atoms with van der Waals surface area (Å²) < 4.78 is 13.5. The highest BCUT2D eigenvalue weighted by Gasteiger charge is 2.61. The van der Waals surface area contributed by atoms with Crippen LogP contribution in [0, 0.1) is 11.3 Å². The molecule has 0 aromatic carbocycles. The Bertz CT molecular complexity index is 358. The highest BCUT2D eigenvalue weighted by molar-refractivity contribution is 6.90. The minimum absolute atomic E-state index is 0.316. The van der Waals surface area contributed by atoms with Crippen molar-refractivity contribution in [3.05, 3.63) is 12.7 Å². The predicted octanol–water partition coefficient (Wildman–Crippen LogP) is 5.75. The van der Waals surface area contributed by atoms with E-state index in [-0.39, 0.29) is 0 Å². The van der Waals surface area contributed by atoms with Crippen molar-refractivity contribution in [2.75, 3.05) is 0 Å². The van der Waals surface area contributed by atoms with Gasteiger partial charge in [0, 0.05) is 5.54 Å². The van der Waals surface area contributed by atoms with Crippen molar-refractivity contribution >= 4 is 25.2 Å². The monoisotopic (exact) mass is 344 g/mol. The fraction of sp³-hybridized carbons (Fsp3) is 0.875. The molecule has 124 valence electrons. The molecule has 1 aliphatic rings. The second kappa shape index (κ2) is 6.07. The van der Waals surface area contributed by atoms with Crippen LogP contribution >= 0.6 is 0 Å². The van der Waals surface area contributed by atoms with Crippen LogP contribution in [0.25, 0.3) is 0 Å². The third-order valence-corrected chi connectivity index (χ3v) is 14.2. The van der Waals surface area contributed by atoms with Crippen LogP contribution in [0.1, 0.15) is 27.2 Å². The predicted molar refractivity (Wildman–Crippen MR) is 101 cm³/mol. The van der Waals surface area contributed by atoms with Gasteiger partial charge in [0.1, 0.15) is 0 Å². The van der Waals surface area contributed by atoms with Gasteiger partial charge in [-0.15, -0.1) is 6.58 Å². The van der Waals surface area contributed by atoms with Gasteiger partial charge < -0.3 is 8.23 Å². The zero-order chi connectivity index (χ0) is 16.7. The van der Waals surface area contributed by atoms with Gasteiger partial charge >= 0.3 is 8.56 Å². The zero-order valence-corrected chi connectivity index (χ0v) is 18.7. The average Bonchev–Trinajstić information content (AvgIpc) is 2.17. The summed E-state index contributed by atoms with van der Waals surface area (Å²) in [6.07, 6.45) is 3.33. The van der Waals surface area contributed by atoms with Gasteiger partial charge in [0.2, 0.25) is 0 Å². The first-order valence-corrected chi connectivity index (χ1v) is 17.1. The lowest BCUT2D eigenvalue weighted by atomic mass is 9.86. The first-order valence-electron chi connectivity index (χ1n) is 8.20. The molecule has 0 aromatic heterocycles. The van der Waals surface area contributed by atoms with Crippen LogP contribution < -0.4 is 0 Å². The second-order valence-electron chi connectivity index (χ2n) is 9.72. The molecule has 2 nitrogen and oxygen atoms in total. The lowest BCUT2D eigenvalue weighted by Crippen LogP contribution is -2.65. The van der Waals surface area contributed by atoms with Gasteiger partial charge in [-0.25, -0.2) is 0 Å². The first kappa shape index (κ1) is 19.4. The highest BCUT2D eigenvalue weighted by Crippen LogP contribution is 2.56. The van der Waals surface area contributed by atoms with Crippen molar-refractivity contribution in [3.8, 4) is 0 Å². The summed E-state index contributed by atoms with van der Waals surface area (Å²) in [6, 6.07) is 1.12. The van der Waals surface area contributed by atoms with E-state index in [9.17, 15) is 0 Å². The Morgan fingerprint density at radius 3 is 1.76 bits per heavy atom. The molecule has 0 spiro atoms. The highest BCUT2D eigenvalue weighted by atomic mass is 28.5. The van der Waals surface area contributed by atoms with E-state index in [1.807, 2.05) is 0 Å². The summed E-state index contributed by atoms with van der Waals surface area (Å²) in [6.45, 7) is 24.8. The van der Waals surface area contributed by atoms with Crippen molar-refractivity contribution in [1.82, 2.24) is 0 Å². The fourth-order valence-corrected chi connectivity index (χ4v) is 16.8. The average molecular weight is 345 g/mol. The van der Waals surface area contributed by atoms with Gasteiger partial charge in [-0.1, -0.05) is 26.8 Å². The molecule has 0 N–H and O–H groups in total. The maximum Gasteiger partial charge on any atom is 0.322 e. The lowest BCUT2D eigenvalue weighted by Gasteiger charge is -2.56. The Hall–Kier alpha value is 0.311. The van der Waals surface area contributed by atoms with Crippen molar-refractivity contribution in [2.24, 2.45) is 11.3 Å². The van der Waals surface area contributed by atoms with Gasteiger partial charge in [0.15, 0.2) is 16.6 Å². The molecule has 1 rings (SSSR count). The minimum Gasteiger partial charge on any atom is -0.436 e. The molecule has 2 atom stereocenters. The van der Waals surface area contributed by atoms with Gasteiger partial charge in [0.05, 0.1) is 0 Å². The molecule has 0 aromatic rings. The fourth-order valence-electron chi connectivity index (χ4n) is 3.29. The van der Waals surface area contributed by atoms with Crippen molar-refractivity contribution < 1.29 is 8.23 Å². The van der Waals surface area contributed by atoms with E-state index in [1.165, 1.54) is 6.42 Å². The van der Waals surface area contributed by atoms with Crippen LogP contribution in [0.15, 0.2) is 12.7 Å². The van der Waals surface area contributed by atoms with Gasteiger partial charge in [0.25, 0.3) is 0 Å². The smallest absolute Gasteiger partial charge is 0.322 e. The van der Waals surface area contributed by atoms with Crippen LogP contribution in [0.4, 0.5) is 0 Å². The Morgan fingerprint density at radius 2 is 1.48 bits per heavy atom. The first-order chi connectivity index (χ1) is 9.18. The van der Waals surface area contributed by atoms with Crippen molar-refractivity contribution in [2.45, 2.75) is 78.1 Å². The summed E-state index contributed by atoms with van der Waals surface area (Å²) in [4.78, 5) is 0. The summed E-state index contributed by atoms with van der Waals surface area (Å²) >= 11 is 0. The quantitative estimate of drug-likeness (QED) is 0.451. The Labute approximate surface area is 135 Å². The molecule has 0 saturated carbocycles. The lowest BCUT2D eigenvalue weighted by molar-refractivity contribution is 0.232. The molecule has 21 heavy (non-hydrogen) atoms. The van der Waals surface area contributed by atoms with E-state index in [4.69, 9.17) is 8.23 Å². The number of allylic oxidation sites excluding steroid dienone is 1. The third kappa shape index (κ3) is 5.78. The Morgan fingerprint density at radius 1 is 1.05 bits per heavy atom. The Balaban J connectivity index is 3.07. The van der Waals surface area contributed by atoms with Crippen LogP contribution in [0.3, 0.4) is 0 Å². The Kier molecular flexibility index (Phi) is 5.60. The molecule has 0 bridgehead atoms. The largest absolute Gasteiger partial charge is 0.436 e.